The van der Waals surface area contributed by atoms with Crippen LogP contribution in [0.5, 0.6) is 0 Å². The number of thiophene rings is 1. The van der Waals surface area contributed by atoms with Crippen LogP contribution in [0.4, 0.5) is 28.4 Å². The lowest BCUT2D eigenvalue weighted by atomic mass is 9.36. The fourth-order valence-electron chi connectivity index (χ4n) is 12.9. The smallest absolute Gasteiger partial charge is 0.264 e. The summed E-state index contributed by atoms with van der Waals surface area (Å²) in [5, 5.41) is 1.27. The molecule has 7 aromatic rings. The van der Waals surface area contributed by atoms with Crippen molar-refractivity contribution in [3.8, 4) is 22.3 Å². The Bertz CT molecular complexity index is 3340. The Morgan fingerprint density at radius 2 is 1.35 bits per heavy atom. The Labute approximate surface area is 387 Å². The van der Waals surface area contributed by atoms with Gasteiger partial charge in [0.05, 0.1) is 23.8 Å². The van der Waals surface area contributed by atoms with Crippen molar-refractivity contribution < 1.29 is 6.85 Å². The molecular weight excluding hydrogens is 780 g/mol. The van der Waals surface area contributed by atoms with Crippen molar-refractivity contribution in [3.63, 3.8) is 0 Å². The number of rotatable bonds is 3. The molecule has 0 amide bonds. The largest absolute Gasteiger partial charge is 0.335 e. The maximum Gasteiger partial charge on any atom is 0.264 e. The van der Waals surface area contributed by atoms with Crippen LogP contribution in [0, 0.1) is 6.92 Å². The predicted molar refractivity (Wildman–Crippen MR) is 274 cm³/mol. The van der Waals surface area contributed by atoms with Crippen LogP contribution in [-0.4, -0.2) is 12.3 Å². The van der Waals surface area contributed by atoms with E-state index in [0.29, 0.717) is 5.56 Å². The quantitative estimate of drug-likeness (QED) is 0.164. The zero-order chi connectivity index (χ0) is 47.9. The van der Waals surface area contributed by atoms with E-state index >= 15 is 0 Å². The highest BCUT2D eigenvalue weighted by Gasteiger charge is 2.62. The molecule has 5 aliphatic rings. The molecule has 1 fully saturated rings. The normalized spacial score (nSPS) is 23.5. The molecule has 1 aromatic heterocycles. The summed E-state index contributed by atoms with van der Waals surface area (Å²) in [5.74, 6) is 0. The molecule has 4 heteroatoms. The second kappa shape index (κ2) is 13.0. The monoisotopic (exact) mass is 845 g/mol. The van der Waals surface area contributed by atoms with Gasteiger partial charge in [0.1, 0.15) is 0 Å². The van der Waals surface area contributed by atoms with Gasteiger partial charge >= 0.3 is 0 Å². The van der Waals surface area contributed by atoms with E-state index in [1.807, 2.05) is 11.3 Å². The van der Waals surface area contributed by atoms with Gasteiger partial charge in [0, 0.05) is 42.9 Å². The van der Waals surface area contributed by atoms with E-state index in [4.69, 9.17) is 4.11 Å². The summed E-state index contributed by atoms with van der Waals surface area (Å²) >= 11 is 1.93. The molecule has 2 unspecified atom stereocenters. The molecule has 1 saturated carbocycles. The molecule has 0 radical (unpaired) electrons. The van der Waals surface area contributed by atoms with Crippen molar-refractivity contribution in [1.29, 1.82) is 0 Å². The molecule has 4 heterocycles. The minimum atomic E-state index is -0.361. The van der Waals surface area contributed by atoms with Crippen LogP contribution in [0.2, 0.25) is 0 Å². The van der Waals surface area contributed by atoms with Crippen LogP contribution in [-0.2, 0) is 21.7 Å². The Morgan fingerprint density at radius 1 is 0.651 bits per heavy atom. The molecule has 2 atom stereocenters. The lowest BCUT2D eigenvalue weighted by Gasteiger charge is -2.52. The van der Waals surface area contributed by atoms with Gasteiger partial charge in [0.2, 0.25) is 0 Å². The summed E-state index contributed by atoms with van der Waals surface area (Å²) in [5.41, 5.74) is 18.0. The molecule has 6 aromatic carbocycles. The van der Waals surface area contributed by atoms with Crippen LogP contribution < -0.4 is 25.5 Å². The van der Waals surface area contributed by atoms with E-state index in [2.05, 4.69) is 164 Å². The fraction of sp³-hybridized carbons (Fsp3) is 0.356. The topological polar surface area (TPSA) is 6.48 Å². The molecule has 316 valence electrons. The van der Waals surface area contributed by atoms with E-state index in [9.17, 15) is 2.74 Å². The summed E-state index contributed by atoms with van der Waals surface area (Å²) in [7, 11) is 0. The molecular formula is C59H61BN2S. The second-order valence-corrected chi connectivity index (χ2v) is 23.5. The van der Waals surface area contributed by atoms with Crippen LogP contribution in [0.15, 0.2) is 115 Å². The zero-order valence-electron chi connectivity index (χ0n) is 43.7. The minimum Gasteiger partial charge on any atom is -0.335 e. The predicted octanol–water partition coefficient (Wildman–Crippen LogP) is 14.5. The molecule has 3 aliphatic heterocycles. The lowest BCUT2D eigenvalue weighted by Crippen LogP contribution is -2.64. The number of benzene rings is 6. The third-order valence-corrected chi connectivity index (χ3v) is 17.9. The zero-order valence-corrected chi connectivity index (χ0v) is 39.5. The number of hydrogen-bond acceptors (Lipinski definition) is 3. The molecule has 12 rings (SSSR count). The SMILES string of the molecule is [2H]c1c([2H])c([2H])c(-c2cc3c4c(c2)C2(C)CCCCC2(C)N4c2cc(C)cc4c2B3c2sc3cc5c(cc3c2N4c2ccc(C(C)(C)C)cc2-c2ccccc2)C(C)(C)CCC5(C)C)c([2H])c1[2H]. The highest BCUT2D eigenvalue weighted by Crippen LogP contribution is 2.63. The van der Waals surface area contributed by atoms with Crippen LogP contribution >= 0.6 is 11.3 Å². The average molecular weight is 846 g/mol. The van der Waals surface area contributed by atoms with Crippen molar-refractivity contribution in [3.05, 3.63) is 143 Å². The first-order valence-electron chi connectivity index (χ1n) is 25.9. The highest BCUT2D eigenvalue weighted by molar-refractivity contribution is 7.33. The Morgan fingerprint density at radius 3 is 2.08 bits per heavy atom. The number of hydrogen-bond donors (Lipinski definition) is 0. The van der Waals surface area contributed by atoms with Crippen LogP contribution in [0.1, 0.15) is 136 Å². The van der Waals surface area contributed by atoms with Crippen molar-refractivity contribution in [2.75, 3.05) is 9.80 Å². The molecule has 0 bridgehead atoms. The summed E-state index contributed by atoms with van der Waals surface area (Å²) in [4.78, 5) is 5.37. The standard InChI is InChI=1S/C59H61BN2S/c1-36-29-48-51-49(30-36)62-53-45(58(9)25-17-18-26-59(58,62)10)31-39(37-19-13-11-14-20-37)32-46(53)60(51)54-52(42-34-43-44(35-50(42)63-54)57(7,8)28-27-56(43,5)6)61(48)47-24-23-40(55(2,3)4)33-41(47)38-21-15-12-16-22-38/h11-16,19-24,29-35H,17-18,25-28H2,1-10H3/i11D,13D,14D,19D,20D. The fourth-order valence-corrected chi connectivity index (χ4v) is 14.2. The van der Waals surface area contributed by atoms with Gasteiger partial charge in [0.15, 0.2) is 0 Å². The van der Waals surface area contributed by atoms with Gasteiger partial charge in [-0.05, 0) is 154 Å². The minimum absolute atomic E-state index is 0.00416. The number of anilines is 5. The lowest BCUT2D eigenvalue weighted by molar-refractivity contribution is 0.195. The van der Waals surface area contributed by atoms with Crippen molar-refractivity contribution >= 4 is 72.3 Å². The van der Waals surface area contributed by atoms with Crippen molar-refractivity contribution in [2.24, 2.45) is 0 Å². The molecule has 0 saturated heterocycles. The van der Waals surface area contributed by atoms with E-state index in [1.54, 1.807) is 0 Å². The third-order valence-electron chi connectivity index (χ3n) is 16.7. The number of aryl methyl sites for hydroxylation is 1. The van der Waals surface area contributed by atoms with Gasteiger partial charge in [-0.25, -0.2) is 0 Å². The Balaban J connectivity index is 1.25. The Kier molecular flexibility index (Phi) is 7.11. The van der Waals surface area contributed by atoms with E-state index in [1.165, 1.54) is 87.5 Å². The molecule has 0 spiro atoms. The van der Waals surface area contributed by atoms with Gasteiger partial charge in [0.25, 0.3) is 6.71 Å². The maximum absolute atomic E-state index is 9.32. The summed E-state index contributed by atoms with van der Waals surface area (Å²) in [6, 6.07) is 31.3. The summed E-state index contributed by atoms with van der Waals surface area (Å²) in [6.45, 7) is 23.6. The molecule has 2 nitrogen and oxygen atoms in total. The number of fused-ring (bicyclic) bond motifs is 10. The van der Waals surface area contributed by atoms with E-state index < -0.39 is 0 Å². The summed E-state index contributed by atoms with van der Waals surface area (Å²) < 4.78 is 47.4. The molecule has 2 aliphatic carbocycles. The number of nitrogens with zero attached hydrogens (tertiary/aromatic N) is 2. The average Bonchev–Trinajstić information content (AvgIpc) is 3.77. The first-order chi connectivity index (χ1) is 32.1. The van der Waals surface area contributed by atoms with Gasteiger partial charge in [-0.2, -0.15) is 0 Å². The molecule has 63 heavy (non-hydrogen) atoms. The van der Waals surface area contributed by atoms with Crippen molar-refractivity contribution in [1.82, 2.24) is 0 Å². The van der Waals surface area contributed by atoms with Gasteiger partial charge < -0.3 is 9.80 Å². The second-order valence-electron chi connectivity index (χ2n) is 22.4. The molecule has 0 N–H and O–H groups in total. The van der Waals surface area contributed by atoms with Gasteiger partial charge in [-0.1, -0.05) is 141 Å². The van der Waals surface area contributed by atoms with E-state index in [-0.39, 0.29) is 69.7 Å². The first kappa shape index (κ1) is 34.4. The van der Waals surface area contributed by atoms with Crippen LogP contribution in [0.25, 0.3) is 32.3 Å². The third kappa shape index (κ3) is 5.37. The maximum atomic E-state index is 9.32. The summed E-state index contributed by atoms with van der Waals surface area (Å²) in [6.07, 6.45) is 6.53. The van der Waals surface area contributed by atoms with Gasteiger partial charge in [-0.15, -0.1) is 11.3 Å². The van der Waals surface area contributed by atoms with E-state index in [0.717, 1.165) is 44.2 Å². The highest BCUT2D eigenvalue weighted by atomic mass is 32.1. The Hall–Kier alpha value is -5.06. The first-order valence-corrected chi connectivity index (χ1v) is 24.2. The van der Waals surface area contributed by atoms with Crippen molar-refractivity contribution in [2.45, 2.75) is 135 Å². The van der Waals surface area contributed by atoms with Crippen LogP contribution in [0.3, 0.4) is 0 Å². The van der Waals surface area contributed by atoms with Gasteiger partial charge in [-0.3, -0.25) is 0 Å².